The van der Waals surface area contributed by atoms with Gasteiger partial charge in [-0.25, -0.2) is 4.98 Å². The molecule has 0 unspecified atom stereocenters. The van der Waals surface area contributed by atoms with Crippen LogP contribution in [0.15, 0.2) is 36.7 Å². The molecule has 1 fully saturated rings. The summed E-state index contributed by atoms with van der Waals surface area (Å²) >= 11 is 0. The lowest BCUT2D eigenvalue weighted by Crippen LogP contribution is -2.27. The molecule has 2 heterocycles. The molecule has 3 aromatic rings. The lowest BCUT2D eigenvalue weighted by molar-refractivity contribution is -0.0502. The minimum atomic E-state index is -3.10. The van der Waals surface area contributed by atoms with E-state index in [2.05, 4.69) is 29.0 Å². The van der Waals surface area contributed by atoms with Crippen LogP contribution in [0, 0.1) is 0 Å². The van der Waals surface area contributed by atoms with Crippen molar-refractivity contribution in [1.29, 1.82) is 0 Å². The van der Waals surface area contributed by atoms with Gasteiger partial charge in [-0.3, -0.25) is 9.20 Å². The molecule has 1 saturated carbocycles. The third-order valence-electron chi connectivity index (χ3n) is 5.99. The molecule has 0 radical (unpaired) electrons. The minimum absolute atomic E-state index is 0.0495. The van der Waals surface area contributed by atoms with Gasteiger partial charge in [0.15, 0.2) is 0 Å². The topological polar surface area (TPSA) is 77.3 Å². The van der Waals surface area contributed by atoms with Gasteiger partial charge in [-0.05, 0) is 44.1 Å². The number of nitrogens with one attached hydrogen (secondary N) is 1. The first kappa shape index (κ1) is 24.7. The number of amides is 1. The van der Waals surface area contributed by atoms with Crippen molar-refractivity contribution < 1.29 is 27.8 Å². The van der Waals surface area contributed by atoms with Gasteiger partial charge in [-0.1, -0.05) is 13.8 Å². The first-order chi connectivity index (χ1) is 16.9. The SMILES string of the molecule is CCN(CC)CCOc1ccn2c(-c3cc(OC)c(C(=O)NC4CC4)c(OC(F)F)c3)cnc2c1. The lowest BCUT2D eigenvalue weighted by Gasteiger charge is -2.18. The Hall–Kier alpha value is -3.40. The smallest absolute Gasteiger partial charge is 0.387 e. The molecule has 8 nitrogen and oxygen atoms in total. The number of pyridine rings is 1. The quantitative estimate of drug-likeness (QED) is 0.411. The van der Waals surface area contributed by atoms with Gasteiger partial charge in [0, 0.05) is 30.4 Å². The van der Waals surface area contributed by atoms with Crippen molar-refractivity contribution in [3.63, 3.8) is 0 Å². The third kappa shape index (κ3) is 5.82. The molecule has 188 valence electrons. The van der Waals surface area contributed by atoms with Crippen molar-refractivity contribution in [2.24, 2.45) is 0 Å². The fraction of sp³-hybridized carbons (Fsp3) is 0.440. The molecule has 1 aromatic carbocycles. The van der Waals surface area contributed by atoms with Gasteiger partial charge >= 0.3 is 6.61 Å². The minimum Gasteiger partial charge on any atom is -0.496 e. The fourth-order valence-electron chi connectivity index (χ4n) is 3.89. The number of ether oxygens (including phenoxy) is 3. The van der Waals surface area contributed by atoms with Crippen molar-refractivity contribution in [3.05, 3.63) is 42.2 Å². The van der Waals surface area contributed by atoms with E-state index in [0.717, 1.165) is 32.5 Å². The zero-order chi connectivity index (χ0) is 24.9. The Morgan fingerprint density at radius 3 is 2.63 bits per heavy atom. The normalized spacial score (nSPS) is 13.5. The number of likely N-dealkylation sites (N-methyl/N-ethyl adjacent to an activating group) is 1. The van der Waals surface area contributed by atoms with Crippen molar-refractivity contribution >= 4 is 11.6 Å². The highest BCUT2D eigenvalue weighted by molar-refractivity contribution is 6.01. The monoisotopic (exact) mass is 488 g/mol. The number of hydrogen-bond acceptors (Lipinski definition) is 6. The lowest BCUT2D eigenvalue weighted by atomic mass is 10.1. The highest BCUT2D eigenvalue weighted by Gasteiger charge is 2.29. The predicted octanol–water partition coefficient (Wildman–Crippen LogP) is 4.22. The van der Waals surface area contributed by atoms with Crippen LogP contribution in [-0.2, 0) is 0 Å². The zero-order valence-corrected chi connectivity index (χ0v) is 20.1. The number of methoxy groups -OCH3 is 1. The Morgan fingerprint density at radius 2 is 1.97 bits per heavy atom. The summed E-state index contributed by atoms with van der Waals surface area (Å²) in [6, 6.07) is 6.73. The van der Waals surface area contributed by atoms with Crippen LogP contribution in [0.4, 0.5) is 8.78 Å². The number of imidazole rings is 1. The highest BCUT2D eigenvalue weighted by atomic mass is 19.3. The van der Waals surface area contributed by atoms with Crippen molar-refractivity contribution in [3.8, 4) is 28.5 Å². The Balaban J connectivity index is 1.63. The second-order valence-electron chi connectivity index (χ2n) is 8.29. The van der Waals surface area contributed by atoms with E-state index in [0.29, 0.717) is 29.3 Å². The van der Waals surface area contributed by atoms with Crippen LogP contribution in [0.2, 0.25) is 0 Å². The molecule has 0 saturated heterocycles. The number of alkyl halides is 2. The van der Waals surface area contributed by atoms with Crippen LogP contribution < -0.4 is 19.5 Å². The molecular weight excluding hydrogens is 458 g/mol. The van der Waals surface area contributed by atoms with Crippen LogP contribution in [0.25, 0.3) is 16.9 Å². The van der Waals surface area contributed by atoms with E-state index < -0.39 is 12.5 Å². The molecule has 0 bridgehead atoms. The summed E-state index contributed by atoms with van der Waals surface area (Å²) in [5.41, 5.74) is 1.72. The number of rotatable bonds is 12. The maximum Gasteiger partial charge on any atom is 0.387 e. The molecule has 0 aliphatic heterocycles. The Morgan fingerprint density at radius 1 is 1.23 bits per heavy atom. The number of hydrogen-bond donors (Lipinski definition) is 1. The summed E-state index contributed by atoms with van der Waals surface area (Å²) in [4.78, 5) is 19.5. The molecule has 35 heavy (non-hydrogen) atoms. The molecule has 0 spiro atoms. The molecule has 1 aliphatic carbocycles. The first-order valence-electron chi connectivity index (χ1n) is 11.7. The van der Waals surface area contributed by atoms with Gasteiger partial charge in [-0.15, -0.1) is 0 Å². The average molecular weight is 489 g/mol. The number of carbonyl (C=O) groups is 1. The van der Waals surface area contributed by atoms with E-state index in [4.69, 9.17) is 14.2 Å². The van der Waals surface area contributed by atoms with Crippen LogP contribution in [0.5, 0.6) is 17.2 Å². The van der Waals surface area contributed by atoms with Crippen LogP contribution in [-0.4, -0.2) is 66.2 Å². The van der Waals surface area contributed by atoms with Crippen LogP contribution in [0.3, 0.4) is 0 Å². The molecule has 1 aliphatic rings. The van der Waals surface area contributed by atoms with Gasteiger partial charge in [0.1, 0.15) is 35.1 Å². The van der Waals surface area contributed by atoms with Crippen LogP contribution in [0.1, 0.15) is 37.0 Å². The van der Waals surface area contributed by atoms with E-state index in [-0.39, 0.29) is 23.1 Å². The van der Waals surface area contributed by atoms with Gasteiger partial charge < -0.3 is 24.4 Å². The molecule has 0 atom stereocenters. The summed E-state index contributed by atoms with van der Waals surface area (Å²) in [6.07, 6.45) is 5.15. The average Bonchev–Trinajstić information content (AvgIpc) is 3.56. The van der Waals surface area contributed by atoms with E-state index in [1.54, 1.807) is 18.5 Å². The van der Waals surface area contributed by atoms with Crippen molar-refractivity contribution in [2.45, 2.75) is 39.3 Å². The van der Waals surface area contributed by atoms with Crippen LogP contribution >= 0.6 is 0 Å². The predicted molar refractivity (Wildman–Crippen MR) is 128 cm³/mol. The van der Waals surface area contributed by atoms with Crippen molar-refractivity contribution in [2.75, 3.05) is 33.4 Å². The maximum atomic E-state index is 13.2. The summed E-state index contributed by atoms with van der Waals surface area (Å²) in [5, 5.41) is 2.80. The van der Waals surface area contributed by atoms with E-state index >= 15 is 0 Å². The fourth-order valence-corrected chi connectivity index (χ4v) is 3.89. The largest absolute Gasteiger partial charge is 0.496 e. The number of halogens is 2. The second-order valence-corrected chi connectivity index (χ2v) is 8.29. The van der Waals surface area contributed by atoms with Gasteiger partial charge in [0.25, 0.3) is 5.91 Å². The molecule has 4 rings (SSSR count). The number of carbonyl (C=O) groups excluding carboxylic acids is 1. The molecule has 1 N–H and O–H groups in total. The Bertz CT molecular complexity index is 1180. The highest BCUT2D eigenvalue weighted by Crippen LogP contribution is 2.37. The zero-order valence-electron chi connectivity index (χ0n) is 20.1. The Labute approximate surface area is 202 Å². The molecule has 2 aromatic heterocycles. The third-order valence-corrected chi connectivity index (χ3v) is 5.99. The van der Waals surface area contributed by atoms with E-state index in [9.17, 15) is 13.6 Å². The summed E-state index contributed by atoms with van der Waals surface area (Å²) in [7, 11) is 1.38. The summed E-state index contributed by atoms with van der Waals surface area (Å²) in [6.45, 7) is 4.43. The number of benzene rings is 1. The number of fused-ring (bicyclic) bond motifs is 1. The first-order valence-corrected chi connectivity index (χ1v) is 11.7. The number of aromatic nitrogens is 2. The van der Waals surface area contributed by atoms with Crippen molar-refractivity contribution in [1.82, 2.24) is 19.6 Å². The summed E-state index contributed by atoms with van der Waals surface area (Å²) < 4.78 is 44.3. The van der Waals surface area contributed by atoms with Gasteiger partial charge in [0.2, 0.25) is 0 Å². The maximum absolute atomic E-state index is 13.2. The molecule has 1 amide bonds. The summed E-state index contributed by atoms with van der Waals surface area (Å²) in [5.74, 6) is 0.0748. The van der Waals surface area contributed by atoms with Gasteiger partial charge in [-0.2, -0.15) is 8.78 Å². The Kier molecular flexibility index (Phi) is 7.70. The number of nitrogens with zero attached hydrogens (tertiary/aromatic N) is 3. The standard InChI is InChI=1S/C25H30F2N4O4/c1-4-30(5-2)10-11-34-18-8-9-31-19(15-28-22(31)14-18)16-12-20(33-3)23(21(13-16)35-25(26)27)24(32)29-17-6-7-17/h8-9,12-15,17,25H,4-7,10-11H2,1-3H3,(H,29,32). The van der Waals surface area contributed by atoms with E-state index in [1.807, 2.05) is 16.5 Å². The van der Waals surface area contributed by atoms with E-state index in [1.165, 1.54) is 13.2 Å². The molecular formula is C25H30F2N4O4. The second kappa shape index (κ2) is 10.9. The van der Waals surface area contributed by atoms with Gasteiger partial charge in [0.05, 0.1) is 19.0 Å². The molecule has 10 heteroatoms.